The van der Waals surface area contributed by atoms with Crippen molar-refractivity contribution in [2.45, 2.75) is 33.1 Å². The average molecular weight is 194 g/mol. The lowest BCUT2D eigenvalue weighted by molar-refractivity contribution is -0.108. The number of halogens is 1. The fraction of sp³-hybridized carbons (Fsp3) is 0.417. The first-order chi connectivity index (χ1) is 6.56. The summed E-state index contributed by atoms with van der Waals surface area (Å²) >= 11 is 0. The van der Waals surface area contributed by atoms with Gasteiger partial charge in [0.15, 0.2) is 0 Å². The quantitative estimate of drug-likeness (QED) is 0.675. The Bertz CT molecular complexity index is 344. The van der Waals surface area contributed by atoms with Gasteiger partial charge in [-0.1, -0.05) is 24.6 Å². The van der Waals surface area contributed by atoms with Crippen molar-refractivity contribution in [1.82, 2.24) is 0 Å². The molecule has 0 spiro atoms. The second-order valence-corrected chi connectivity index (χ2v) is 3.79. The maximum absolute atomic E-state index is 13.6. The van der Waals surface area contributed by atoms with E-state index in [-0.39, 0.29) is 11.7 Å². The molecule has 1 aromatic carbocycles. The Labute approximate surface area is 83.9 Å². The molecule has 1 rings (SSSR count). The highest BCUT2D eigenvalue weighted by atomic mass is 19.1. The van der Waals surface area contributed by atoms with Crippen molar-refractivity contribution >= 4 is 6.29 Å². The van der Waals surface area contributed by atoms with Crippen molar-refractivity contribution in [3.63, 3.8) is 0 Å². The summed E-state index contributed by atoms with van der Waals surface area (Å²) in [5.41, 5.74) is 2.34. The minimum atomic E-state index is -0.176. The van der Waals surface area contributed by atoms with Gasteiger partial charge >= 0.3 is 0 Å². The van der Waals surface area contributed by atoms with Gasteiger partial charge in [-0.15, -0.1) is 0 Å². The van der Waals surface area contributed by atoms with Crippen molar-refractivity contribution < 1.29 is 9.18 Å². The summed E-state index contributed by atoms with van der Waals surface area (Å²) in [7, 11) is 0. The van der Waals surface area contributed by atoms with Gasteiger partial charge in [0, 0.05) is 6.42 Å². The lowest BCUT2D eigenvalue weighted by Gasteiger charge is -2.12. The van der Waals surface area contributed by atoms with E-state index < -0.39 is 0 Å². The molecule has 2 heteroatoms. The molecule has 0 fully saturated rings. The number of hydrogen-bond acceptors (Lipinski definition) is 1. The van der Waals surface area contributed by atoms with Crippen LogP contribution in [0.4, 0.5) is 4.39 Å². The van der Waals surface area contributed by atoms with Crippen LogP contribution in [-0.2, 0) is 4.79 Å². The first-order valence-corrected chi connectivity index (χ1v) is 4.76. The molecule has 0 heterocycles. The third-order valence-corrected chi connectivity index (χ3v) is 2.41. The van der Waals surface area contributed by atoms with Gasteiger partial charge in [-0.3, -0.25) is 0 Å². The Morgan fingerprint density at radius 2 is 2.07 bits per heavy atom. The number of hydrogen-bond donors (Lipinski definition) is 0. The standard InChI is InChI=1S/C12H15FO/c1-8-6-10(3)12(13)11(7-8)9(2)4-5-14/h5-7,9H,4H2,1-3H3. The average Bonchev–Trinajstić information content (AvgIpc) is 2.11. The topological polar surface area (TPSA) is 17.1 Å². The molecule has 1 nitrogen and oxygen atoms in total. The third kappa shape index (κ3) is 2.19. The Hall–Kier alpha value is -1.18. The monoisotopic (exact) mass is 194 g/mol. The van der Waals surface area contributed by atoms with Gasteiger partial charge in [-0.2, -0.15) is 0 Å². The van der Waals surface area contributed by atoms with Crippen LogP contribution in [0.2, 0.25) is 0 Å². The molecule has 1 aromatic rings. The summed E-state index contributed by atoms with van der Waals surface area (Å²) in [6, 6.07) is 3.63. The minimum absolute atomic E-state index is 0.0360. The van der Waals surface area contributed by atoms with Crippen molar-refractivity contribution in [3.05, 3.63) is 34.6 Å². The van der Waals surface area contributed by atoms with Gasteiger partial charge in [0.2, 0.25) is 0 Å². The SMILES string of the molecule is Cc1cc(C)c(F)c(C(C)CC=O)c1. The van der Waals surface area contributed by atoms with E-state index in [1.165, 1.54) is 0 Å². The number of aldehydes is 1. The van der Waals surface area contributed by atoms with Crippen molar-refractivity contribution in [2.24, 2.45) is 0 Å². The molecule has 14 heavy (non-hydrogen) atoms. The Balaban J connectivity index is 3.12. The Kier molecular flexibility index (Phi) is 3.39. The van der Waals surface area contributed by atoms with E-state index in [9.17, 15) is 9.18 Å². The minimum Gasteiger partial charge on any atom is -0.303 e. The van der Waals surface area contributed by atoms with Crippen LogP contribution < -0.4 is 0 Å². The lowest BCUT2D eigenvalue weighted by Crippen LogP contribution is -2.01. The van der Waals surface area contributed by atoms with Gasteiger partial charge in [0.05, 0.1) is 0 Å². The van der Waals surface area contributed by atoms with Crippen LogP contribution in [0.1, 0.15) is 36.0 Å². The summed E-state index contributed by atoms with van der Waals surface area (Å²) in [6.45, 7) is 5.55. The summed E-state index contributed by atoms with van der Waals surface area (Å²) in [4.78, 5) is 10.3. The van der Waals surface area contributed by atoms with Crippen LogP contribution in [0.3, 0.4) is 0 Å². The zero-order chi connectivity index (χ0) is 10.7. The molecule has 0 amide bonds. The van der Waals surface area contributed by atoms with E-state index in [4.69, 9.17) is 0 Å². The van der Waals surface area contributed by atoms with Gasteiger partial charge in [0.25, 0.3) is 0 Å². The Morgan fingerprint density at radius 1 is 1.43 bits per heavy atom. The molecule has 76 valence electrons. The molecule has 0 aliphatic rings. The predicted molar refractivity (Wildman–Crippen MR) is 55.0 cm³/mol. The fourth-order valence-corrected chi connectivity index (χ4v) is 1.61. The van der Waals surface area contributed by atoms with Crippen LogP contribution in [0.15, 0.2) is 12.1 Å². The number of carbonyl (C=O) groups excluding carboxylic acids is 1. The summed E-state index contributed by atoms with van der Waals surface area (Å²) in [5.74, 6) is -0.212. The molecule has 0 radical (unpaired) electrons. The number of rotatable bonds is 3. The normalized spacial score (nSPS) is 12.6. The predicted octanol–water partition coefficient (Wildman–Crippen LogP) is 3.14. The summed E-state index contributed by atoms with van der Waals surface area (Å²) < 4.78 is 13.6. The van der Waals surface area contributed by atoms with E-state index >= 15 is 0 Å². The zero-order valence-electron chi connectivity index (χ0n) is 8.80. The molecule has 0 aliphatic carbocycles. The molecule has 1 unspecified atom stereocenters. The second kappa shape index (κ2) is 4.36. The Morgan fingerprint density at radius 3 is 2.64 bits per heavy atom. The van der Waals surface area contributed by atoms with Crippen molar-refractivity contribution in [1.29, 1.82) is 0 Å². The summed E-state index contributed by atoms with van der Waals surface area (Å²) in [6.07, 6.45) is 1.21. The molecular formula is C12H15FO. The van der Waals surface area contributed by atoms with Crippen LogP contribution in [0.25, 0.3) is 0 Å². The smallest absolute Gasteiger partial charge is 0.129 e. The number of carbonyl (C=O) groups is 1. The second-order valence-electron chi connectivity index (χ2n) is 3.79. The van der Waals surface area contributed by atoms with Crippen LogP contribution >= 0.6 is 0 Å². The van der Waals surface area contributed by atoms with E-state index in [0.29, 0.717) is 17.5 Å². The molecule has 1 atom stereocenters. The first-order valence-electron chi connectivity index (χ1n) is 4.76. The van der Waals surface area contributed by atoms with E-state index in [0.717, 1.165) is 11.8 Å². The number of benzene rings is 1. The first kappa shape index (κ1) is 10.9. The van der Waals surface area contributed by atoms with E-state index in [1.807, 2.05) is 26.0 Å². The van der Waals surface area contributed by atoms with Crippen LogP contribution in [-0.4, -0.2) is 6.29 Å². The van der Waals surface area contributed by atoms with Crippen molar-refractivity contribution in [3.8, 4) is 0 Å². The number of aryl methyl sites for hydroxylation is 2. The molecule has 0 aromatic heterocycles. The molecule has 0 N–H and O–H groups in total. The molecular weight excluding hydrogens is 179 g/mol. The molecule has 0 aliphatic heterocycles. The molecule has 0 saturated carbocycles. The third-order valence-electron chi connectivity index (χ3n) is 2.41. The molecule has 0 bridgehead atoms. The lowest BCUT2D eigenvalue weighted by atomic mass is 9.94. The van der Waals surface area contributed by atoms with Crippen molar-refractivity contribution in [2.75, 3.05) is 0 Å². The fourth-order valence-electron chi connectivity index (χ4n) is 1.61. The van der Waals surface area contributed by atoms with Crippen LogP contribution in [0.5, 0.6) is 0 Å². The molecule has 0 saturated heterocycles. The maximum atomic E-state index is 13.6. The largest absolute Gasteiger partial charge is 0.303 e. The highest BCUT2D eigenvalue weighted by Crippen LogP contribution is 2.24. The maximum Gasteiger partial charge on any atom is 0.129 e. The van der Waals surface area contributed by atoms with E-state index in [2.05, 4.69) is 0 Å². The van der Waals surface area contributed by atoms with Gasteiger partial charge in [-0.25, -0.2) is 4.39 Å². The van der Waals surface area contributed by atoms with Gasteiger partial charge in [0.1, 0.15) is 12.1 Å². The van der Waals surface area contributed by atoms with E-state index in [1.54, 1.807) is 6.92 Å². The van der Waals surface area contributed by atoms with Gasteiger partial charge in [-0.05, 0) is 30.9 Å². The van der Waals surface area contributed by atoms with Gasteiger partial charge < -0.3 is 4.79 Å². The summed E-state index contributed by atoms with van der Waals surface area (Å²) in [5, 5.41) is 0. The zero-order valence-corrected chi connectivity index (χ0v) is 8.80. The highest BCUT2D eigenvalue weighted by Gasteiger charge is 2.12. The highest BCUT2D eigenvalue weighted by molar-refractivity contribution is 5.52. The van der Waals surface area contributed by atoms with Crippen LogP contribution in [0, 0.1) is 19.7 Å².